The summed E-state index contributed by atoms with van der Waals surface area (Å²) in [6, 6.07) is 0. The first kappa shape index (κ1) is 24.3. The van der Waals surface area contributed by atoms with Crippen LogP contribution in [0.5, 0.6) is 0 Å². The van der Waals surface area contributed by atoms with Crippen LogP contribution in [0.25, 0.3) is 0 Å². The Bertz CT molecular complexity index is 578. The molecule has 31 heavy (non-hydrogen) atoms. The van der Waals surface area contributed by atoms with Crippen molar-refractivity contribution < 1.29 is 31.3 Å². The lowest BCUT2D eigenvalue weighted by molar-refractivity contribution is 0.0343. The van der Waals surface area contributed by atoms with Crippen LogP contribution in [-0.2, 0) is 31.3 Å². The predicted molar refractivity (Wildman–Crippen MR) is 121 cm³/mol. The zero-order chi connectivity index (χ0) is 22.2. The number of hydrogen-bond acceptors (Lipinski definition) is 7. The maximum absolute atomic E-state index is 6.56. The zero-order valence-corrected chi connectivity index (χ0v) is 22.1. The first-order chi connectivity index (χ1) is 14.9. The Morgan fingerprint density at radius 3 is 1.65 bits per heavy atom. The average molecular weight is 475 g/mol. The first-order valence-electron chi connectivity index (χ1n) is 12.2. The molecule has 2 aliphatic heterocycles. The molecule has 0 aromatic rings. The minimum Gasteiger partial charge on any atom is -0.398 e. The SMILES string of the molecule is CO[Si](OC)(OC)O[Si](C)(OC)C(CCC12CCCCC1O2)CCC12CCCCC1O2. The molecule has 0 aromatic heterocycles. The number of fused-ring (bicyclic) bond motifs is 2. The highest BCUT2D eigenvalue weighted by Crippen LogP contribution is 2.55. The zero-order valence-electron chi connectivity index (χ0n) is 20.1. The van der Waals surface area contributed by atoms with Gasteiger partial charge in [-0.2, -0.15) is 0 Å². The lowest BCUT2D eigenvalue weighted by Gasteiger charge is -2.39. The van der Waals surface area contributed by atoms with E-state index in [0.717, 1.165) is 25.7 Å². The third-order valence-electron chi connectivity index (χ3n) is 8.50. The lowest BCUT2D eigenvalue weighted by atomic mass is 9.83. The molecule has 0 N–H and O–H groups in total. The molecule has 0 radical (unpaired) electrons. The molecule has 0 aromatic carbocycles. The summed E-state index contributed by atoms with van der Waals surface area (Å²) in [4.78, 5) is 0. The first-order valence-corrected chi connectivity index (χ1v) is 16.2. The van der Waals surface area contributed by atoms with Gasteiger partial charge >= 0.3 is 17.6 Å². The van der Waals surface area contributed by atoms with Gasteiger partial charge in [-0.15, -0.1) is 0 Å². The van der Waals surface area contributed by atoms with E-state index in [1.54, 1.807) is 28.4 Å². The van der Waals surface area contributed by atoms with Gasteiger partial charge in [-0.3, -0.25) is 0 Å². The van der Waals surface area contributed by atoms with E-state index in [2.05, 4.69) is 6.55 Å². The van der Waals surface area contributed by atoms with Crippen molar-refractivity contribution in [2.24, 2.45) is 0 Å². The molecule has 4 fully saturated rings. The van der Waals surface area contributed by atoms with Crippen molar-refractivity contribution in [2.45, 2.75) is 113 Å². The molecule has 2 saturated heterocycles. The Labute approximate surface area is 190 Å². The molecule has 0 bridgehead atoms. The van der Waals surface area contributed by atoms with Gasteiger partial charge in [0.15, 0.2) is 0 Å². The Balaban J connectivity index is 1.46. The quantitative estimate of drug-likeness (QED) is 0.288. The highest BCUT2D eigenvalue weighted by atomic mass is 28.5. The van der Waals surface area contributed by atoms with Crippen LogP contribution in [0.2, 0.25) is 12.1 Å². The van der Waals surface area contributed by atoms with Gasteiger partial charge in [0.1, 0.15) is 0 Å². The van der Waals surface area contributed by atoms with Crippen LogP contribution in [0.3, 0.4) is 0 Å². The molecule has 9 heteroatoms. The highest BCUT2D eigenvalue weighted by Gasteiger charge is 2.60. The van der Waals surface area contributed by atoms with Gasteiger partial charge in [-0.1, -0.05) is 25.7 Å². The molecule has 0 spiro atoms. The summed E-state index contributed by atoms with van der Waals surface area (Å²) in [5, 5.41) is 0. The van der Waals surface area contributed by atoms with Gasteiger partial charge in [0.05, 0.1) is 23.4 Å². The molecular formula is C22H42O7Si2. The van der Waals surface area contributed by atoms with Crippen molar-refractivity contribution in [1.82, 2.24) is 0 Å². The Kier molecular flexibility index (Phi) is 7.38. The molecule has 0 amide bonds. The van der Waals surface area contributed by atoms with Gasteiger partial charge in [0.2, 0.25) is 0 Å². The van der Waals surface area contributed by atoms with E-state index < -0.39 is 17.6 Å². The number of epoxide rings is 2. The Hall–Kier alpha value is 0.154. The van der Waals surface area contributed by atoms with Crippen molar-refractivity contribution >= 4 is 17.6 Å². The van der Waals surface area contributed by atoms with E-state index in [9.17, 15) is 0 Å². The number of rotatable bonds is 13. The fourth-order valence-corrected chi connectivity index (χ4v) is 12.4. The van der Waals surface area contributed by atoms with Crippen LogP contribution in [0.15, 0.2) is 0 Å². The van der Waals surface area contributed by atoms with E-state index in [1.807, 2.05) is 0 Å². The number of ether oxygens (including phenoxy) is 2. The normalized spacial score (nSPS) is 37.5. The second kappa shape index (κ2) is 9.42. The molecule has 2 heterocycles. The van der Waals surface area contributed by atoms with Crippen LogP contribution in [0, 0.1) is 0 Å². The van der Waals surface area contributed by atoms with Crippen molar-refractivity contribution in [3.63, 3.8) is 0 Å². The second-order valence-corrected chi connectivity index (χ2v) is 16.3. The lowest BCUT2D eigenvalue weighted by Crippen LogP contribution is -2.58. The summed E-state index contributed by atoms with van der Waals surface area (Å²) in [7, 11) is 0.646. The fourth-order valence-electron chi connectivity index (χ4n) is 6.20. The Morgan fingerprint density at radius 2 is 1.26 bits per heavy atom. The maximum Gasteiger partial charge on any atom is 0.669 e. The van der Waals surface area contributed by atoms with E-state index in [-0.39, 0.29) is 11.2 Å². The third-order valence-corrected chi connectivity index (χ3v) is 15.5. The monoisotopic (exact) mass is 474 g/mol. The summed E-state index contributed by atoms with van der Waals surface area (Å²) in [6.07, 6.45) is 15.1. The van der Waals surface area contributed by atoms with Crippen molar-refractivity contribution in [3.8, 4) is 0 Å². The molecule has 5 unspecified atom stereocenters. The minimum absolute atomic E-state index is 0.111. The van der Waals surface area contributed by atoms with Crippen molar-refractivity contribution in [3.05, 3.63) is 0 Å². The fraction of sp³-hybridized carbons (Fsp3) is 1.00. The largest absolute Gasteiger partial charge is 0.669 e. The molecular weight excluding hydrogens is 432 g/mol. The van der Waals surface area contributed by atoms with Crippen LogP contribution in [0.4, 0.5) is 0 Å². The molecule has 180 valence electrons. The third kappa shape index (κ3) is 4.86. The number of hydrogen-bond donors (Lipinski definition) is 0. The summed E-state index contributed by atoms with van der Waals surface area (Å²) in [5.41, 5.74) is 0.520. The molecule has 4 aliphatic rings. The second-order valence-electron chi connectivity index (χ2n) is 10.0. The van der Waals surface area contributed by atoms with E-state index in [1.165, 1.54) is 51.4 Å². The van der Waals surface area contributed by atoms with Gasteiger partial charge < -0.3 is 31.3 Å². The van der Waals surface area contributed by atoms with Crippen molar-refractivity contribution in [2.75, 3.05) is 28.4 Å². The summed E-state index contributed by atoms with van der Waals surface area (Å²) >= 11 is 0. The van der Waals surface area contributed by atoms with Crippen LogP contribution < -0.4 is 0 Å². The molecule has 2 aliphatic carbocycles. The smallest absolute Gasteiger partial charge is 0.398 e. The van der Waals surface area contributed by atoms with Crippen LogP contribution in [0.1, 0.15) is 77.0 Å². The average Bonchev–Trinajstić information content (AvgIpc) is 3.70. The maximum atomic E-state index is 6.56. The summed E-state index contributed by atoms with van der Waals surface area (Å²) in [6.45, 7) is 2.14. The van der Waals surface area contributed by atoms with Gasteiger partial charge in [0.25, 0.3) is 0 Å². The summed E-state index contributed by atoms with van der Waals surface area (Å²) in [5.74, 6) is 0. The topological polar surface area (TPSA) is 71.2 Å². The van der Waals surface area contributed by atoms with E-state index >= 15 is 0 Å². The molecule has 5 atom stereocenters. The highest BCUT2D eigenvalue weighted by molar-refractivity contribution is 6.76. The summed E-state index contributed by atoms with van der Waals surface area (Å²) < 4.78 is 41.9. The van der Waals surface area contributed by atoms with Crippen molar-refractivity contribution in [1.29, 1.82) is 0 Å². The molecule has 2 saturated carbocycles. The molecule has 7 nitrogen and oxygen atoms in total. The van der Waals surface area contributed by atoms with Gasteiger partial charge in [-0.25, -0.2) is 0 Å². The van der Waals surface area contributed by atoms with Gasteiger partial charge in [0, 0.05) is 34.0 Å². The van der Waals surface area contributed by atoms with Crippen LogP contribution >= 0.6 is 0 Å². The Morgan fingerprint density at radius 1 is 0.774 bits per heavy atom. The van der Waals surface area contributed by atoms with E-state index in [0.29, 0.717) is 17.7 Å². The predicted octanol–water partition coefficient (Wildman–Crippen LogP) is 4.45. The van der Waals surface area contributed by atoms with Gasteiger partial charge in [-0.05, 0) is 57.9 Å². The minimum atomic E-state index is -3.22. The molecule has 4 rings (SSSR count). The van der Waals surface area contributed by atoms with E-state index in [4.69, 9.17) is 31.3 Å². The van der Waals surface area contributed by atoms with Crippen LogP contribution in [-0.4, -0.2) is 69.5 Å². The standard InChI is InChI=1S/C22H42O7Si2/c1-23-30(5,29-31(24-2,25-3)26-4)18(12-16-21-14-8-6-10-19(21)27-21)13-17-22-15-9-7-11-20(22)28-22/h18-20H,6-17H2,1-5H3.